The number of aliphatic hydroxyl groups excluding tert-OH is 1. The molecule has 0 aliphatic carbocycles. The quantitative estimate of drug-likeness (QED) is 0.387. The summed E-state index contributed by atoms with van der Waals surface area (Å²) >= 11 is 0. The fourth-order valence-corrected chi connectivity index (χ4v) is 2.05. The van der Waals surface area contributed by atoms with Gasteiger partial charge in [-0.2, -0.15) is 5.26 Å². The predicted molar refractivity (Wildman–Crippen MR) is 76.7 cm³/mol. The van der Waals surface area contributed by atoms with Crippen LogP contribution in [0.2, 0.25) is 0 Å². The number of unbranched alkanes of at least 4 members (excludes halogenated alkanes) is 1. The van der Waals surface area contributed by atoms with Gasteiger partial charge in [0, 0.05) is 45.5 Å². The summed E-state index contributed by atoms with van der Waals surface area (Å²) in [6.07, 6.45) is 3.58. The molecule has 0 saturated carbocycles. The van der Waals surface area contributed by atoms with Gasteiger partial charge in [0.05, 0.1) is 6.61 Å². The summed E-state index contributed by atoms with van der Waals surface area (Å²) in [6.45, 7) is 6.73. The van der Waals surface area contributed by atoms with Crippen LogP contribution in [0.3, 0.4) is 0 Å². The van der Waals surface area contributed by atoms with E-state index in [9.17, 15) is 4.79 Å². The highest BCUT2D eigenvalue weighted by atomic mass is 16.3. The molecule has 0 bridgehead atoms. The minimum absolute atomic E-state index is 0.164. The number of nitrogens with one attached hydrogen (secondary N) is 1. The number of β-amino-alcohol motifs (C(OH)–C–C–N with tert-alkyl or cyclic N) is 1. The molecule has 0 aromatic carbocycles. The van der Waals surface area contributed by atoms with Crippen molar-refractivity contribution in [3.63, 3.8) is 0 Å². The molecule has 6 heteroatoms. The molecule has 6 nitrogen and oxygen atoms in total. The Morgan fingerprint density at radius 1 is 1.40 bits per heavy atom. The van der Waals surface area contributed by atoms with Crippen LogP contribution in [0, 0.1) is 11.3 Å². The highest BCUT2D eigenvalue weighted by Crippen LogP contribution is 2.05. The van der Waals surface area contributed by atoms with Gasteiger partial charge in [-0.1, -0.05) is 13.3 Å². The largest absolute Gasteiger partial charge is 0.395 e. The van der Waals surface area contributed by atoms with Gasteiger partial charge in [-0.15, -0.1) is 0 Å². The molecule has 1 fully saturated rings. The molecule has 2 N–H and O–H groups in total. The van der Waals surface area contributed by atoms with E-state index in [0.717, 1.165) is 39.0 Å². The summed E-state index contributed by atoms with van der Waals surface area (Å²) < 4.78 is 0. The van der Waals surface area contributed by atoms with Gasteiger partial charge in [0.15, 0.2) is 0 Å². The van der Waals surface area contributed by atoms with E-state index in [4.69, 9.17) is 10.4 Å². The maximum Gasteiger partial charge on any atom is 0.263 e. The molecular weight excluding hydrogens is 256 g/mol. The van der Waals surface area contributed by atoms with E-state index in [1.165, 1.54) is 0 Å². The molecule has 1 amide bonds. The average molecular weight is 280 g/mol. The second-order valence-electron chi connectivity index (χ2n) is 4.87. The average Bonchev–Trinajstić information content (AvgIpc) is 2.47. The smallest absolute Gasteiger partial charge is 0.263 e. The van der Waals surface area contributed by atoms with E-state index in [1.807, 2.05) is 11.0 Å². The summed E-state index contributed by atoms with van der Waals surface area (Å²) in [5.74, 6) is -0.293. The van der Waals surface area contributed by atoms with Crippen molar-refractivity contribution in [1.82, 2.24) is 15.1 Å². The first kappa shape index (κ1) is 16.5. The molecule has 1 rings (SSSR count). The van der Waals surface area contributed by atoms with Crippen LogP contribution >= 0.6 is 0 Å². The van der Waals surface area contributed by atoms with Crippen molar-refractivity contribution < 1.29 is 9.90 Å². The monoisotopic (exact) mass is 280 g/mol. The molecule has 1 aliphatic rings. The summed E-state index contributed by atoms with van der Waals surface area (Å²) in [6, 6.07) is 1.97. The lowest BCUT2D eigenvalue weighted by molar-refractivity contribution is -0.117. The van der Waals surface area contributed by atoms with Crippen LogP contribution in [0.15, 0.2) is 11.8 Å². The normalized spacial score (nSPS) is 16.9. The zero-order valence-corrected chi connectivity index (χ0v) is 12.1. The van der Waals surface area contributed by atoms with Gasteiger partial charge < -0.3 is 15.3 Å². The molecule has 1 aliphatic heterocycles. The molecule has 0 atom stereocenters. The maximum absolute atomic E-state index is 11.8. The van der Waals surface area contributed by atoms with Crippen molar-refractivity contribution in [1.29, 1.82) is 5.26 Å². The lowest BCUT2D eigenvalue weighted by atomic mass is 10.2. The molecule has 0 radical (unpaired) electrons. The lowest BCUT2D eigenvalue weighted by Gasteiger charge is -2.33. The third kappa shape index (κ3) is 5.59. The third-order valence-corrected chi connectivity index (χ3v) is 3.32. The predicted octanol–water partition coefficient (Wildman–Crippen LogP) is -0.0799. The second kappa shape index (κ2) is 9.34. The lowest BCUT2D eigenvalue weighted by Crippen LogP contribution is -2.45. The summed E-state index contributed by atoms with van der Waals surface area (Å²) in [5, 5.41) is 20.7. The van der Waals surface area contributed by atoms with Crippen LogP contribution in [0.5, 0.6) is 0 Å². The first-order valence-electron chi connectivity index (χ1n) is 7.18. The van der Waals surface area contributed by atoms with Gasteiger partial charge in [0.1, 0.15) is 11.6 Å². The Morgan fingerprint density at radius 3 is 2.65 bits per heavy atom. The molecule has 1 heterocycles. The molecule has 0 unspecified atom stereocenters. The Kier molecular flexibility index (Phi) is 7.70. The number of hydrogen-bond acceptors (Lipinski definition) is 5. The zero-order valence-electron chi connectivity index (χ0n) is 12.1. The Labute approximate surface area is 120 Å². The van der Waals surface area contributed by atoms with Crippen LogP contribution in [0.1, 0.15) is 19.8 Å². The van der Waals surface area contributed by atoms with Crippen molar-refractivity contribution >= 4 is 5.91 Å². The highest BCUT2D eigenvalue weighted by Gasteiger charge is 2.16. The number of amides is 1. The van der Waals surface area contributed by atoms with Gasteiger partial charge in [-0.25, -0.2) is 0 Å². The Balaban J connectivity index is 2.45. The van der Waals surface area contributed by atoms with E-state index in [-0.39, 0.29) is 18.1 Å². The highest BCUT2D eigenvalue weighted by molar-refractivity contribution is 5.97. The molecule has 0 spiro atoms. The fourth-order valence-electron chi connectivity index (χ4n) is 2.05. The van der Waals surface area contributed by atoms with Crippen molar-refractivity contribution in [2.24, 2.45) is 0 Å². The van der Waals surface area contributed by atoms with Crippen molar-refractivity contribution in [2.45, 2.75) is 19.8 Å². The molecule has 112 valence electrons. The molecule has 20 heavy (non-hydrogen) atoms. The minimum atomic E-state index is -0.293. The van der Waals surface area contributed by atoms with Gasteiger partial charge >= 0.3 is 0 Å². The SMILES string of the molecule is CCCCNC(=O)/C(C#N)=C\N1CCN(CCO)CC1. The van der Waals surface area contributed by atoms with Gasteiger partial charge in [-0.3, -0.25) is 9.69 Å². The first-order chi connectivity index (χ1) is 9.71. The number of nitriles is 1. The van der Waals surface area contributed by atoms with E-state index < -0.39 is 0 Å². The van der Waals surface area contributed by atoms with Gasteiger partial charge in [0.25, 0.3) is 5.91 Å². The number of carbonyl (C=O) groups excluding carboxylic acids is 1. The number of nitrogens with zero attached hydrogens (tertiary/aromatic N) is 3. The van der Waals surface area contributed by atoms with Crippen LogP contribution in [-0.2, 0) is 4.79 Å². The topological polar surface area (TPSA) is 79.6 Å². The first-order valence-corrected chi connectivity index (χ1v) is 7.18. The van der Waals surface area contributed by atoms with Crippen molar-refractivity contribution in [2.75, 3.05) is 45.9 Å². The van der Waals surface area contributed by atoms with E-state index >= 15 is 0 Å². The third-order valence-electron chi connectivity index (χ3n) is 3.32. The molecule has 0 aromatic rings. The van der Waals surface area contributed by atoms with Crippen LogP contribution in [-0.4, -0.2) is 66.7 Å². The Bertz CT molecular complexity index is 368. The Morgan fingerprint density at radius 2 is 2.10 bits per heavy atom. The molecule has 1 saturated heterocycles. The number of carbonyl (C=O) groups is 1. The summed E-state index contributed by atoms with van der Waals surface area (Å²) in [7, 11) is 0. The van der Waals surface area contributed by atoms with Crippen LogP contribution in [0.25, 0.3) is 0 Å². The number of piperazine rings is 1. The summed E-state index contributed by atoms with van der Waals surface area (Å²) in [5.41, 5.74) is 0.164. The van der Waals surface area contributed by atoms with Gasteiger partial charge in [-0.05, 0) is 6.42 Å². The minimum Gasteiger partial charge on any atom is -0.395 e. The van der Waals surface area contributed by atoms with Crippen LogP contribution in [0.4, 0.5) is 0 Å². The summed E-state index contributed by atoms with van der Waals surface area (Å²) in [4.78, 5) is 16.0. The fraction of sp³-hybridized carbons (Fsp3) is 0.714. The number of aliphatic hydroxyl groups is 1. The van der Waals surface area contributed by atoms with E-state index in [2.05, 4.69) is 17.1 Å². The number of rotatable bonds is 7. The zero-order chi connectivity index (χ0) is 14.8. The van der Waals surface area contributed by atoms with Crippen LogP contribution < -0.4 is 5.32 Å². The van der Waals surface area contributed by atoms with E-state index in [0.29, 0.717) is 13.1 Å². The maximum atomic E-state index is 11.8. The standard InChI is InChI=1S/C14H24N4O2/c1-2-3-4-16-14(20)13(11-15)12-18-7-5-17(6-8-18)9-10-19/h12,19H,2-10H2,1H3,(H,16,20)/b13-12-. The second-order valence-corrected chi connectivity index (χ2v) is 4.87. The van der Waals surface area contributed by atoms with Crippen molar-refractivity contribution in [3.05, 3.63) is 11.8 Å². The number of hydrogen-bond donors (Lipinski definition) is 2. The molecule has 0 aromatic heterocycles. The Hall–Kier alpha value is -1.58. The van der Waals surface area contributed by atoms with Crippen molar-refractivity contribution in [3.8, 4) is 6.07 Å². The van der Waals surface area contributed by atoms with Gasteiger partial charge in [0.2, 0.25) is 0 Å². The molecular formula is C14H24N4O2. The van der Waals surface area contributed by atoms with E-state index in [1.54, 1.807) is 6.20 Å².